The van der Waals surface area contributed by atoms with Crippen LogP contribution in [0, 0.1) is 5.92 Å². The van der Waals surface area contributed by atoms with Crippen molar-refractivity contribution in [3.05, 3.63) is 41.1 Å². The molecule has 0 spiro atoms. The maximum absolute atomic E-state index is 11.8. The summed E-state index contributed by atoms with van der Waals surface area (Å²) < 4.78 is 2.54. The number of nitrogens with zero attached hydrogens (tertiary/aromatic N) is 1. The van der Waals surface area contributed by atoms with Gasteiger partial charge in [0.2, 0.25) is 0 Å². The number of rotatable bonds is 0. The second kappa shape index (κ2) is 3.63. The number of hydrogen-bond acceptors (Lipinski definition) is 1. The SMILES string of the molecule is O=C1C=C2c3cccc4c5c(n(c34)CC2C1)CCCC5. The summed E-state index contributed by atoms with van der Waals surface area (Å²) in [4.78, 5) is 11.8. The van der Waals surface area contributed by atoms with Crippen LogP contribution >= 0.6 is 0 Å². The van der Waals surface area contributed by atoms with E-state index >= 15 is 0 Å². The fourth-order valence-electron chi connectivity index (χ4n) is 4.51. The molecule has 20 heavy (non-hydrogen) atoms. The van der Waals surface area contributed by atoms with Gasteiger partial charge >= 0.3 is 0 Å². The van der Waals surface area contributed by atoms with Crippen molar-refractivity contribution in [1.29, 1.82) is 0 Å². The Morgan fingerprint density at radius 2 is 2.05 bits per heavy atom. The molecule has 0 radical (unpaired) electrons. The summed E-state index contributed by atoms with van der Waals surface area (Å²) in [5.74, 6) is 0.723. The fraction of sp³-hybridized carbons (Fsp3) is 0.389. The van der Waals surface area contributed by atoms with Crippen molar-refractivity contribution in [3.63, 3.8) is 0 Å². The molecule has 1 aliphatic heterocycles. The Bertz CT molecular complexity index is 793. The molecule has 0 saturated carbocycles. The van der Waals surface area contributed by atoms with Crippen molar-refractivity contribution in [2.75, 3.05) is 0 Å². The monoisotopic (exact) mass is 263 g/mol. The van der Waals surface area contributed by atoms with Gasteiger partial charge in [-0.3, -0.25) is 4.79 Å². The predicted octanol–water partition coefficient (Wildman–Crippen LogP) is 3.51. The molecule has 100 valence electrons. The van der Waals surface area contributed by atoms with Gasteiger partial charge in [-0.2, -0.15) is 0 Å². The number of hydrogen-bond donors (Lipinski definition) is 0. The second-order valence-electron chi connectivity index (χ2n) is 6.41. The zero-order valence-electron chi connectivity index (χ0n) is 11.5. The maximum atomic E-state index is 11.8. The predicted molar refractivity (Wildman–Crippen MR) is 79.7 cm³/mol. The molecule has 0 fully saturated rings. The van der Waals surface area contributed by atoms with Crippen LogP contribution in [0.2, 0.25) is 0 Å². The number of ketones is 1. The van der Waals surface area contributed by atoms with Gasteiger partial charge in [0.1, 0.15) is 0 Å². The summed E-state index contributed by atoms with van der Waals surface area (Å²) in [5, 5.41) is 1.44. The van der Waals surface area contributed by atoms with Crippen LogP contribution < -0.4 is 0 Å². The average molecular weight is 263 g/mol. The molecule has 2 nitrogen and oxygen atoms in total. The molecule has 2 heterocycles. The number of benzene rings is 1. The van der Waals surface area contributed by atoms with Crippen molar-refractivity contribution in [1.82, 2.24) is 4.57 Å². The number of aromatic nitrogens is 1. The third-order valence-corrected chi connectivity index (χ3v) is 5.31. The van der Waals surface area contributed by atoms with Gasteiger partial charge in [0.15, 0.2) is 5.78 Å². The molecule has 0 saturated heterocycles. The van der Waals surface area contributed by atoms with E-state index < -0.39 is 0 Å². The van der Waals surface area contributed by atoms with E-state index in [1.54, 1.807) is 11.3 Å². The minimum absolute atomic E-state index is 0.307. The molecule has 0 amide bonds. The summed E-state index contributed by atoms with van der Waals surface area (Å²) in [6, 6.07) is 6.65. The maximum Gasteiger partial charge on any atom is 0.156 e. The van der Waals surface area contributed by atoms with Gasteiger partial charge in [-0.25, -0.2) is 0 Å². The Hall–Kier alpha value is -1.83. The smallest absolute Gasteiger partial charge is 0.156 e. The lowest BCUT2D eigenvalue weighted by Gasteiger charge is -2.26. The first-order valence-corrected chi connectivity index (χ1v) is 7.70. The highest BCUT2D eigenvalue weighted by Crippen LogP contribution is 2.45. The minimum Gasteiger partial charge on any atom is -0.343 e. The second-order valence-corrected chi connectivity index (χ2v) is 6.41. The Morgan fingerprint density at radius 1 is 1.15 bits per heavy atom. The molecule has 0 bridgehead atoms. The zero-order chi connectivity index (χ0) is 13.3. The topological polar surface area (TPSA) is 22.0 Å². The van der Waals surface area contributed by atoms with Gasteiger partial charge in [0.05, 0.1) is 5.52 Å². The Morgan fingerprint density at radius 3 is 3.00 bits per heavy atom. The first-order chi connectivity index (χ1) is 9.83. The minimum atomic E-state index is 0.307. The van der Waals surface area contributed by atoms with E-state index in [0.29, 0.717) is 18.1 Å². The number of carbonyl (C=O) groups is 1. The van der Waals surface area contributed by atoms with E-state index in [4.69, 9.17) is 0 Å². The molecule has 1 atom stereocenters. The van der Waals surface area contributed by atoms with E-state index in [1.807, 2.05) is 6.08 Å². The van der Waals surface area contributed by atoms with E-state index in [9.17, 15) is 4.79 Å². The van der Waals surface area contributed by atoms with E-state index in [0.717, 1.165) is 6.54 Å². The third-order valence-electron chi connectivity index (χ3n) is 5.31. The molecule has 1 aromatic heterocycles. The number of carbonyl (C=O) groups excluding carboxylic acids is 1. The summed E-state index contributed by atoms with van der Waals surface area (Å²) in [6.45, 7) is 1.01. The molecule has 2 aliphatic carbocycles. The van der Waals surface area contributed by atoms with Crippen LogP contribution in [0.25, 0.3) is 16.5 Å². The molecular formula is C18H17NO. The largest absolute Gasteiger partial charge is 0.343 e. The number of aryl methyl sites for hydroxylation is 1. The van der Waals surface area contributed by atoms with Crippen molar-refractivity contribution in [2.24, 2.45) is 5.92 Å². The lowest BCUT2D eigenvalue weighted by atomic mass is 9.90. The highest BCUT2D eigenvalue weighted by Gasteiger charge is 2.34. The van der Waals surface area contributed by atoms with Gasteiger partial charge < -0.3 is 4.57 Å². The average Bonchev–Trinajstić information content (AvgIpc) is 3.00. The molecule has 2 heteroatoms. The van der Waals surface area contributed by atoms with Crippen molar-refractivity contribution >= 4 is 22.3 Å². The highest BCUT2D eigenvalue weighted by molar-refractivity contribution is 6.07. The quantitative estimate of drug-likeness (QED) is 0.713. The Kier molecular flexibility index (Phi) is 1.98. The van der Waals surface area contributed by atoms with Crippen LogP contribution in [0.3, 0.4) is 0 Å². The van der Waals surface area contributed by atoms with Crippen LogP contribution in [0.4, 0.5) is 0 Å². The Labute approximate surface area is 118 Å². The molecule has 0 N–H and O–H groups in total. The van der Waals surface area contributed by atoms with Crippen LogP contribution in [0.1, 0.15) is 36.1 Å². The molecular weight excluding hydrogens is 246 g/mol. The Balaban J connectivity index is 1.89. The lowest BCUT2D eigenvalue weighted by molar-refractivity contribution is -0.114. The van der Waals surface area contributed by atoms with Crippen LogP contribution in [0.15, 0.2) is 24.3 Å². The van der Waals surface area contributed by atoms with Crippen LogP contribution in [-0.4, -0.2) is 10.4 Å². The fourth-order valence-corrected chi connectivity index (χ4v) is 4.51. The lowest BCUT2D eigenvalue weighted by Crippen LogP contribution is -2.19. The summed E-state index contributed by atoms with van der Waals surface area (Å²) in [5.41, 5.74) is 7.15. The summed E-state index contributed by atoms with van der Waals surface area (Å²) in [7, 11) is 0. The van der Waals surface area contributed by atoms with Gasteiger partial charge in [0, 0.05) is 35.5 Å². The number of allylic oxidation sites excluding steroid dienone is 2. The van der Waals surface area contributed by atoms with Gasteiger partial charge in [-0.05, 0) is 42.9 Å². The third kappa shape index (κ3) is 1.22. The molecule has 5 rings (SSSR count). The summed E-state index contributed by atoms with van der Waals surface area (Å²) in [6.07, 6.45) is 7.67. The molecule has 1 unspecified atom stereocenters. The van der Waals surface area contributed by atoms with Crippen molar-refractivity contribution in [2.45, 2.75) is 38.6 Å². The number of para-hydroxylation sites is 1. The van der Waals surface area contributed by atoms with E-state index in [-0.39, 0.29) is 0 Å². The first-order valence-electron chi connectivity index (χ1n) is 7.70. The van der Waals surface area contributed by atoms with Crippen LogP contribution in [0.5, 0.6) is 0 Å². The highest BCUT2D eigenvalue weighted by atomic mass is 16.1. The van der Waals surface area contributed by atoms with E-state index in [2.05, 4.69) is 22.8 Å². The summed E-state index contributed by atoms with van der Waals surface area (Å²) >= 11 is 0. The molecule has 2 aromatic rings. The first kappa shape index (κ1) is 10.9. The van der Waals surface area contributed by atoms with Crippen molar-refractivity contribution < 1.29 is 4.79 Å². The standard InChI is InChI=1S/C18H17NO/c20-12-8-11-10-19-17-7-2-1-4-13(17)14-5-3-6-15(18(14)19)16(11)9-12/h3,5-6,9,11H,1-2,4,7-8,10H2. The van der Waals surface area contributed by atoms with E-state index in [1.165, 1.54) is 47.7 Å². The van der Waals surface area contributed by atoms with Gasteiger partial charge in [-0.15, -0.1) is 0 Å². The van der Waals surface area contributed by atoms with Gasteiger partial charge in [0.25, 0.3) is 0 Å². The molecule has 1 aromatic carbocycles. The van der Waals surface area contributed by atoms with Crippen LogP contribution in [-0.2, 0) is 24.2 Å². The van der Waals surface area contributed by atoms with Crippen molar-refractivity contribution in [3.8, 4) is 0 Å². The molecule has 3 aliphatic rings. The number of fused-ring (bicyclic) bond motifs is 5. The van der Waals surface area contributed by atoms with Gasteiger partial charge in [-0.1, -0.05) is 18.2 Å². The normalized spacial score (nSPS) is 23.7. The zero-order valence-corrected chi connectivity index (χ0v) is 11.5.